The number of nitrogens with zero attached hydrogens (tertiary/aromatic N) is 6. The number of rotatable bonds is 5. The fourth-order valence-corrected chi connectivity index (χ4v) is 2.27. The van der Waals surface area contributed by atoms with E-state index in [9.17, 15) is 4.79 Å². The molecule has 0 aliphatic rings. The van der Waals surface area contributed by atoms with Crippen molar-refractivity contribution in [1.82, 2.24) is 29.9 Å². The third-order valence-corrected chi connectivity index (χ3v) is 3.43. The Morgan fingerprint density at radius 3 is 2.84 bits per heavy atom. The summed E-state index contributed by atoms with van der Waals surface area (Å²) in [5, 5.41) is 18.7. The van der Waals surface area contributed by atoms with E-state index in [1.807, 2.05) is 26.0 Å². The largest absolute Gasteiger partial charge is 0.368 e. The molecule has 0 saturated carbocycles. The lowest BCUT2D eigenvalue weighted by Gasteiger charge is -2.05. The lowest BCUT2D eigenvalue weighted by Crippen LogP contribution is -2.29. The molecule has 0 atom stereocenters. The predicted molar refractivity (Wildman–Crippen MR) is 90.0 cm³/mol. The number of anilines is 1. The fraction of sp³-hybridized carbons (Fsp3) is 0.250. The molecule has 0 aromatic carbocycles. The Kier molecular flexibility index (Phi) is 4.52. The zero-order valence-electron chi connectivity index (χ0n) is 13.8. The highest BCUT2D eigenvalue weighted by Crippen LogP contribution is 2.05. The van der Waals surface area contributed by atoms with E-state index in [0.717, 1.165) is 11.4 Å². The molecule has 0 aliphatic carbocycles. The van der Waals surface area contributed by atoms with E-state index in [4.69, 9.17) is 5.26 Å². The Balaban J connectivity index is 1.55. The number of hydrogen-bond donors (Lipinski definition) is 2. The van der Waals surface area contributed by atoms with Crippen molar-refractivity contribution < 1.29 is 4.79 Å². The second kappa shape index (κ2) is 6.92. The number of aryl methyl sites for hydroxylation is 2. The van der Waals surface area contributed by atoms with Gasteiger partial charge in [-0.25, -0.2) is 14.5 Å². The number of fused-ring (bicyclic) bond motifs is 1. The average molecular weight is 336 g/mol. The van der Waals surface area contributed by atoms with Gasteiger partial charge >= 0.3 is 0 Å². The zero-order chi connectivity index (χ0) is 17.8. The standard InChI is InChI=1S/C16H16N8O/c1-10-7-11(2)24-16(21-10)22-14(23-24)15(25)19-6-5-18-13-4-3-12(8-17)9-20-13/h3-4,7,9H,5-6H2,1-2H3,(H,18,20)(H,19,25). The van der Waals surface area contributed by atoms with Crippen molar-refractivity contribution in [1.29, 1.82) is 5.26 Å². The van der Waals surface area contributed by atoms with Gasteiger partial charge in [-0.05, 0) is 32.0 Å². The van der Waals surface area contributed by atoms with Crippen molar-refractivity contribution in [2.24, 2.45) is 0 Å². The Hall–Kier alpha value is -3.54. The van der Waals surface area contributed by atoms with E-state index >= 15 is 0 Å². The summed E-state index contributed by atoms with van der Waals surface area (Å²) in [5.41, 5.74) is 2.18. The minimum atomic E-state index is -0.364. The van der Waals surface area contributed by atoms with Crippen LogP contribution in [0, 0.1) is 25.2 Å². The highest BCUT2D eigenvalue weighted by atomic mass is 16.2. The van der Waals surface area contributed by atoms with E-state index in [2.05, 4.69) is 30.7 Å². The van der Waals surface area contributed by atoms with Gasteiger partial charge in [-0.15, -0.1) is 5.10 Å². The molecular weight excluding hydrogens is 320 g/mol. The van der Waals surface area contributed by atoms with E-state index in [1.165, 1.54) is 6.20 Å². The molecule has 3 aromatic rings. The number of carbonyl (C=O) groups is 1. The second-order valence-electron chi connectivity index (χ2n) is 5.41. The van der Waals surface area contributed by atoms with Crippen LogP contribution in [0.25, 0.3) is 5.78 Å². The topological polar surface area (TPSA) is 121 Å². The maximum atomic E-state index is 12.1. The Morgan fingerprint density at radius 1 is 1.28 bits per heavy atom. The first-order valence-corrected chi connectivity index (χ1v) is 7.66. The number of carbonyl (C=O) groups excluding carboxylic acids is 1. The maximum Gasteiger partial charge on any atom is 0.291 e. The first-order chi connectivity index (χ1) is 12.1. The Bertz CT molecular complexity index is 955. The van der Waals surface area contributed by atoms with Crippen LogP contribution in [0.3, 0.4) is 0 Å². The highest BCUT2D eigenvalue weighted by molar-refractivity contribution is 5.90. The summed E-state index contributed by atoms with van der Waals surface area (Å²) >= 11 is 0. The van der Waals surface area contributed by atoms with E-state index in [-0.39, 0.29) is 11.7 Å². The van der Waals surface area contributed by atoms with Gasteiger partial charge in [0.05, 0.1) is 5.56 Å². The fourth-order valence-electron chi connectivity index (χ4n) is 2.27. The Labute approximate surface area is 143 Å². The molecule has 1 amide bonds. The lowest BCUT2D eigenvalue weighted by atomic mass is 10.3. The van der Waals surface area contributed by atoms with Gasteiger partial charge in [-0.2, -0.15) is 10.2 Å². The zero-order valence-corrected chi connectivity index (χ0v) is 13.8. The van der Waals surface area contributed by atoms with Gasteiger partial charge in [0.25, 0.3) is 11.7 Å². The lowest BCUT2D eigenvalue weighted by molar-refractivity contribution is 0.0945. The average Bonchev–Trinajstić information content (AvgIpc) is 3.03. The van der Waals surface area contributed by atoms with E-state index in [1.54, 1.807) is 16.6 Å². The van der Waals surface area contributed by atoms with E-state index in [0.29, 0.717) is 30.2 Å². The molecule has 0 aliphatic heterocycles. The van der Waals surface area contributed by atoms with Crippen LogP contribution in [-0.4, -0.2) is 43.6 Å². The molecule has 0 saturated heterocycles. The summed E-state index contributed by atoms with van der Waals surface area (Å²) in [6, 6.07) is 7.26. The number of hydrogen-bond acceptors (Lipinski definition) is 7. The molecule has 3 aromatic heterocycles. The van der Waals surface area contributed by atoms with Crippen LogP contribution < -0.4 is 10.6 Å². The van der Waals surface area contributed by atoms with Crippen molar-refractivity contribution in [3.05, 3.63) is 47.2 Å². The number of amides is 1. The molecule has 0 unspecified atom stereocenters. The van der Waals surface area contributed by atoms with Crippen LogP contribution in [0.15, 0.2) is 24.4 Å². The molecule has 0 spiro atoms. The van der Waals surface area contributed by atoms with Crippen LogP contribution in [-0.2, 0) is 0 Å². The third-order valence-electron chi connectivity index (χ3n) is 3.43. The highest BCUT2D eigenvalue weighted by Gasteiger charge is 2.14. The second-order valence-corrected chi connectivity index (χ2v) is 5.41. The van der Waals surface area contributed by atoms with Crippen LogP contribution in [0.1, 0.15) is 27.6 Å². The quantitative estimate of drug-likeness (QED) is 0.662. The molecule has 3 heterocycles. The number of nitriles is 1. The molecular formula is C16H16N8O. The van der Waals surface area contributed by atoms with Crippen molar-refractivity contribution >= 4 is 17.5 Å². The van der Waals surface area contributed by atoms with Gasteiger partial charge in [0.1, 0.15) is 11.9 Å². The molecule has 126 valence electrons. The van der Waals surface area contributed by atoms with Gasteiger partial charge < -0.3 is 10.6 Å². The first-order valence-electron chi connectivity index (χ1n) is 7.66. The molecule has 3 rings (SSSR count). The number of aromatic nitrogens is 5. The predicted octanol–water partition coefficient (Wildman–Crippen LogP) is 0.850. The molecule has 2 N–H and O–H groups in total. The van der Waals surface area contributed by atoms with Crippen molar-refractivity contribution in [2.45, 2.75) is 13.8 Å². The van der Waals surface area contributed by atoms with Gasteiger partial charge in [0.2, 0.25) is 5.82 Å². The van der Waals surface area contributed by atoms with Crippen molar-refractivity contribution in [2.75, 3.05) is 18.4 Å². The number of pyridine rings is 1. The molecule has 0 radical (unpaired) electrons. The Morgan fingerprint density at radius 2 is 2.12 bits per heavy atom. The monoisotopic (exact) mass is 336 g/mol. The van der Waals surface area contributed by atoms with Crippen LogP contribution in [0.5, 0.6) is 0 Å². The summed E-state index contributed by atoms with van der Waals surface area (Å²) in [7, 11) is 0. The normalized spacial score (nSPS) is 10.4. The SMILES string of the molecule is Cc1cc(C)n2nc(C(=O)NCCNc3ccc(C#N)cn3)nc2n1. The summed E-state index contributed by atoms with van der Waals surface area (Å²) in [6.45, 7) is 4.60. The smallest absolute Gasteiger partial charge is 0.291 e. The van der Waals surface area contributed by atoms with Crippen LogP contribution >= 0.6 is 0 Å². The minimum absolute atomic E-state index is 0.0812. The van der Waals surface area contributed by atoms with Gasteiger partial charge in [0.15, 0.2) is 0 Å². The molecule has 0 bridgehead atoms. The van der Waals surface area contributed by atoms with Gasteiger partial charge in [-0.3, -0.25) is 4.79 Å². The summed E-state index contributed by atoms with van der Waals surface area (Å²) in [6.07, 6.45) is 1.48. The van der Waals surface area contributed by atoms with Crippen LogP contribution in [0.4, 0.5) is 5.82 Å². The van der Waals surface area contributed by atoms with E-state index < -0.39 is 0 Å². The third kappa shape index (κ3) is 3.69. The molecule has 25 heavy (non-hydrogen) atoms. The van der Waals surface area contributed by atoms with Crippen molar-refractivity contribution in [3.63, 3.8) is 0 Å². The molecule has 9 heteroatoms. The summed E-state index contributed by atoms with van der Waals surface area (Å²) in [4.78, 5) is 24.6. The number of nitrogens with one attached hydrogen (secondary N) is 2. The minimum Gasteiger partial charge on any atom is -0.368 e. The molecule has 9 nitrogen and oxygen atoms in total. The van der Waals surface area contributed by atoms with Gasteiger partial charge in [0, 0.05) is 30.7 Å². The van der Waals surface area contributed by atoms with Gasteiger partial charge in [-0.1, -0.05) is 0 Å². The first kappa shape index (κ1) is 16.3. The van der Waals surface area contributed by atoms with Crippen LogP contribution in [0.2, 0.25) is 0 Å². The van der Waals surface area contributed by atoms with Crippen molar-refractivity contribution in [3.8, 4) is 6.07 Å². The molecule has 0 fully saturated rings. The maximum absolute atomic E-state index is 12.1. The summed E-state index contributed by atoms with van der Waals surface area (Å²) in [5.74, 6) is 0.756. The summed E-state index contributed by atoms with van der Waals surface area (Å²) < 4.78 is 1.54.